The molecule has 0 heterocycles. The molecular formula is C17H16O3. The van der Waals surface area contributed by atoms with Crippen molar-refractivity contribution in [2.45, 2.75) is 18.9 Å². The molecular weight excluding hydrogens is 252 g/mol. The zero-order valence-corrected chi connectivity index (χ0v) is 11.3. The summed E-state index contributed by atoms with van der Waals surface area (Å²) in [5.74, 6) is -0.402. The number of methoxy groups -OCH3 is 1. The van der Waals surface area contributed by atoms with Crippen LogP contribution in [0.4, 0.5) is 0 Å². The minimum Gasteiger partial charge on any atom is -0.469 e. The van der Waals surface area contributed by atoms with Crippen LogP contribution in [0.3, 0.4) is 0 Å². The van der Waals surface area contributed by atoms with Crippen molar-refractivity contribution in [2.75, 3.05) is 7.11 Å². The SMILES string of the molecule is COC(=O)CC(O)c1ccc2c(c1)Cc1ccccc1-2. The number of carbonyl (C=O) groups is 1. The highest BCUT2D eigenvalue weighted by Crippen LogP contribution is 2.37. The summed E-state index contributed by atoms with van der Waals surface area (Å²) in [5.41, 5.74) is 5.75. The molecule has 1 aliphatic rings. The fourth-order valence-corrected chi connectivity index (χ4v) is 2.73. The molecule has 0 bridgehead atoms. The van der Waals surface area contributed by atoms with Gasteiger partial charge in [0, 0.05) is 0 Å². The van der Waals surface area contributed by atoms with Gasteiger partial charge in [-0.15, -0.1) is 0 Å². The molecule has 3 rings (SSSR count). The minimum absolute atomic E-state index is 0.0117. The molecule has 1 N–H and O–H groups in total. The first-order valence-corrected chi connectivity index (χ1v) is 6.65. The van der Waals surface area contributed by atoms with Crippen LogP contribution in [0, 0.1) is 0 Å². The van der Waals surface area contributed by atoms with E-state index in [2.05, 4.69) is 16.9 Å². The van der Waals surface area contributed by atoms with Crippen molar-refractivity contribution >= 4 is 5.97 Å². The van der Waals surface area contributed by atoms with Gasteiger partial charge < -0.3 is 9.84 Å². The van der Waals surface area contributed by atoms with Gasteiger partial charge in [-0.3, -0.25) is 4.79 Å². The fourth-order valence-electron chi connectivity index (χ4n) is 2.73. The summed E-state index contributed by atoms with van der Waals surface area (Å²) >= 11 is 0. The van der Waals surface area contributed by atoms with E-state index < -0.39 is 12.1 Å². The Bertz CT molecular complexity index is 661. The molecule has 0 radical (unpaired) electrons. The second-order valence-electron chi connectivity index (χ2n) is 5.05. The Hall–Kier alpha value is -2.13. The zero-order chi connectivity index (χ0) is 14.1. The van der Waals surface area contributed by atoms with Crippen molar-refractivity contribution in [1.82, 2.24) is 0 Å². The minimum atomic E-state index is -0.809. The highest BCUT2D eigenvalue weighted by molar-refractivity contribution is 5.77. The number of esters is 1. The average molecular weight is 268 g/mol. The maximum atomic E-state index is 11.2. The lowest BCUT2D eigenvalue weighted by Crippen LogP contribution is -2.08. The Labute approximate surface area is 117 Å². The maximum absolute atomic E-state index is 11.2. The number of aliphatic hydroxyl groups excluding tert-OH is 1. The van der Waals surface area contributed by atoms with Crippen molar-refractivity contribution in [1.29, 1.82) is 0 Å². The lowest BCUT2D eigenvalue weighted by atomic mass is 9.99. The van der Waals surface area contributed by atoms with Crippen LogP contribution in [0.2, 0.25) is 0 Å². The van der Waals surface area contributed by atoms with E-state index in [1.54, 1.807) is 0 Å². The number of hydrogen-bond donors (Lipinski definition) is 1. The van der Waals surface area contributed by atoms with Gasteiger partial charge in [-0.05, 0) is 34.2 Å². The molecule has 0 saturated carbocycles. The first-order valence-electron chi connectivity index (χ1n) is 6.65. The van der Waals surface area contributed by atoms with Crippen molar-refractivity contribution in [2.24, 2.45) is 0 Å². The van der Waals surface area contributed by atoms with Gasteiger partial charge in [-0.2, -0.15) is 0 Å². The van der Waals surface area contributed by atoms with E-state index in [1.165, 1.54) is 29.4 Å². The van der Waals surface area contributed by atoms with Crippen LogP contribution in [0.25, 0.3) is 11.1 Å². The summed E-state index contributed by atoms with van der Waals surface area (Å²) in [4.78, 5) is 11.2. The molecule has 0 saturated heterocycles. The van der Waals surface area contributed by atoms with Crippen LogP contribution in [0.5, 0.6) is 0 Å². The molecule has 2 aromatic rings. The summed E-state index contributed by atoms with van der Waals surface area (Å²) in [7, 11) is 1.33. The Morgan fingerprint density at radius 1 is 1.20 bits per heavy atom. The number of rotatable bonds is 3. The standard InChI is InChI=1S/C17H16O3/c1-20-17(19)10-16(18)12-6-7-15-13(9-12)8-11-4-2-3-5-14(11)15/h2-7,9,16,18H,8,10H2,1H3. The molecule has 1 atom stereocenters. The topological polar surface area (TPSA) is 46.5 Å². The molecule has 20 heavy (non-hydrogen) atoms. The predicted octanol–water partition coefficient (Wildman–Crippen LogP) is 2.85. The van der Waals surface area contributed by atoms with Gasteiger partial charge in [-0.1, -0.05) is 42.5 Å². The molecule has 1 aliphatic carbocycles. The van der Waals surface area contributed by atoms with Crippen LogP contribution in [0.15, 0.2) is 42.5 Å². The number of ether oxygens (including phenoxy) is 1. The van der Waals surface area contributed by atoms with Gasteiger partial charge in [0.2, 0.25) is 0 Å². The normalized spacial score (nSPS) is 13.5. The van der Waals surface area contributed by atoms with Crippen molar-refractivity contribution < 1.29 is 14.6 Å². The van der Waals surface area contributed by atoms with E-state index in [4.69, 9.17) is 0 Å². The summed E-state index contributed by atoms with van der Waals surface area (Å²) in [6.07, 6.45) is 0.0588. The number of aliphatic hydroxyl groups is 1. The largest absolute Gasteiger partial charge is 0.469 e. The van der Waals surface area contributed by atoms with E-state index in [9.17, 15) is 9.90 Å². The van der Waals surface area contributed by atoms with Gasteiger partial charge in [0.05, 0.1) is 19.6 Å². The van der Waals surface area contributed by atoms with E-state index in [-0.39, 0.29) is 6.42 Å². The van der Waals surface area contributed by atoms with Gasteiger partial charge >= 0.3 is 5.97 Å². The quantitative estimate of drug-likeness (QED) is 0.743. The Kier molecular flexibility index (Phi) is 3.28. The molecule has 0 aromatic heterocycles. The first-order chi connectivity index (χ1) is 9.69. The average Bonchev–Trinajstić information content (AvgIpc) is 2.84. The zero-order valence-electron chi connectivity index (χ0n) is 11.3. The Morgan fingerprint density at radius 3 is 2.75 bits per heavy atom. The summed E-state index contributed by atoms with van der Waals surface area (Å²) in [6.45, 7) is 0. The summed E-state index contributed by atoms with van der Waals surface area (Å²) < 4.78 is 4.59. The van der Waals surface area contributed by atoms with Crippen molar-refractivity contribution in [3.05, 3.63) is 59.2 Å². The number of benzene rings is 2. The number of fused-ring (bicyclic) bond motifs is 3. The van der Waals surface area contributed by atoms with Crippen LogP contribution in [-0.2, 0) is 16.0 Å². The van der Waals surface area contributed by atoms with Gasteiger partial charge in [0.25, 0.3) is 0 Å². The molecule has 0 aliphatic heterocycles. The summed E-state index contributed by atoms with van der Waals surface area (Å²) in [6, 6.07) is 14.2. The lowest BCUT2D eigenvalue weighted by molar-refractivity contribution is -0.142. The Morgan fingerprint density at radius 2 is 1.95 bits per heavy atom. The smallest absolute Gasteiger partial charge is 0.308 e. The van der Waals surface area contributed by atoms with E-state index in [0.29, 0.717) is 0 Å². The number of hydrogen-bond acceptors (Lipinski definition) is 3. The molecule has 2 aromatic carbocycles. The predicted molar refractivity (Wildman–Crippen MR) is 76.3 cm³/mol. The van der Waals surface area contributed by atoms with Crippen LogP contribution in [0.1, 0.15) is 29.2 Å². The molecule has 1 unspecified atom stereocenters. The molecule has 0 fully saturated rings. The molecule has 102 valence electrons. The monoisotopic (exact) mass is 268 g/mol. The third kappa shape index (κ3) is 2.21. The second-order valence-corrected chi connectivity index (χ2v) is 5.05. The highest BCUT2D eigenvalue weighted by Gasteiger charge is 2.20. The molecule has 0 spiro atoms. The number of carbonyl (C=O) groups excluding carboxylic acids is 1. The second kappa shape index (κ2) is 5.10. The van der Waals surface area contributed by atoms with E-state index >= 15 is 0 Å². The van der Waals surface area contributed by atoms with Crippen molar-refractivity contribution in [3.63, 3.8) is 0 Å². The first kappa shape index (κ1) is 12.9. The van der Waals surface area contributed by atoms with Crippen LogP contribution in [-0.4, -0.2) is 18.2 Å². The third-order valence-electron chi connectivity index (χ3n) is 3.79. The molecule has 3 nitrogen and oxygen atoms in total. The van der Waals surface area contributed by atoms with Gasteiger partial charge in [-0.25, -0.2) is 0 Å². The molecule has 3 heteroatoms. The van der Waals surface area contributed by atoms with Crippen molar-refractivity contribution in [3.8, 4) is 11.1 Å². The van der Waals surface area contributed by atoms with Gasteiger partial charge in [0.1, 0.15) is 0 Å². The molecule has 0 amide bonds. The van der Waals surface area contributed by atoms with Crippen LogP contribution < -0.4 is 0 Å². The van der Waals surface area contributed by atoms with Gasteiger partial charge in [0.15, 0.2) is 0 Å². The maximum Gasteiger partial charge on any atom is 0.308 e. The fraction of sp³-hybridized carbons (Fsp3) is 0.235. The van der Waals surface area contributed by atoms with E-state index in [1.807, 2.05) is 30.3 Å². The van der Waals surface area contributed by atoms with Crippen LogP contribution >= 0.6 is 0 Å². The highest BCUT2D eigenvalue weighted by atomic mass is 16.5. The third-order valence-corrected chi connectivity index (χ3v) is 3.79. The van der Waals surface area contributed by atoms with E-state index in [0.717, 1.165) is 12.0 Å². The Balaban J connectivity index is 1.89. The summed E-state index contributed by atoms with van der Waals surface area (Å²) in [5, 5.41) is 10.1. The lowest BCUT2D eigenvalue weighted by Gasteiger charge is -2.11.